The summed E-state index contributed by atoms with van der Waals surface area (Å²) in [6.45, 7) is 5.32. The van der Waals surface area contributed by atoms with E-state index in [1.807, 2.05) is 35.1 Å². The molecule has 26 heavy (non-hydrogen) atoms. The van der Waals surface area contributed by atoms with Crippen molar-refractivity contribution in [2.75, 3.05) is 19.6 Å². The Kier molecular flexibility index (Phi) is 3.64. The third-order valence-electron chi connectivity index (χ3n) is 5.17. The summed E-state index contributed by atoms with van der Waals surface area (Å²) < 4.78 is 8.02. The van der Waals surface area contributed by atoms with E-state index in [2.05, 4.69) is 40.0 Å². The van der Waals surface area contributed by atoms with Gasteiger partial charge >= 0.3 is 0 Å². The number of aromatic nitrogens is 4. The van der Waals surface area contributed by atoms with E-state index in [1.165, 1.54) is 0 Å². The Hall–Kier alpha value is -2.86. The molecule has 1 aromatic carbocycles. The number of rotatable bonds is 4. The van der Waals surface area contributed by atoms with Crippen molar-refractivity contribution < 1.29 is 4.74 Å². The number of likely N-dealkylation sites (tertiary alicyclic amines) is 1. The van der Waals surface area contributed by atoms with Crippen LogP contribution in [0.25, 0.3) is 27.8 Å². The molecular formula is C20H21N5O. The van der Waals surface area contributed by atoms with E-state index in [4.69, 9.17) is 9.84 Å². The Morgan fingerprint density at radius 3 is 3.08 bits per heavy atom. The zero-order valence-corrected chi connectivity index (χ0v) is 14.7. The summed E-state index contributed by atoms with van der Waals surface area (Å²) >= 11 is 0. The predicted octanol–water partition coefficient (Wildman–Crippen LogP) is 3.35. The van der Waals surface area contributed by atoms with Crippen molar-refractivity contribution in [2.45, 2.75) is 19.4 Å². The quantitative estimate of drug-likeness (QED) is 0.615. The lowest BCUT2D eigenvalue weighted by molar-refractivity contribution is 0.192. The molecule has 4 heterocycles. The average molecular weight is 347 g/mol. The van der Waals surface area contributed by atoms with Gasteiger partial charge in [0.2, 0.25) is 5.88 Å². The van der Waals surface area contributed by atoms with Crippen LogP contribution in [-0.2, 0) is 0 Å². The molecule has 1 fully saturated rings. The Morgan fingerprint density at radius 2 is 2.19 bits per heavy atom. The van der Waals surface area contributed by atoms with Gasteiger partial charge in [-0.2, -0.15) is 0 Å². The first-order chi connectivity index (χ1) is 12.8. The number of fused-ring (bicyclic) bond motifs is 2. The van der Waals surface area contributed by atoms with Crippen LogP contribution in [0.1, 0.15) is 13.3 Å². The number of likely N-dealkylation sites (N-methyl/N-ethyl adjacent to an activating group) is 1. The SMILES string of the molecule is CCN1CCC(Oc2ccc3ncc(-c4cccc5[nH]ccc45)n3n2)C1. The lowest BCUT2D eigenvalue weighted by atomic mass is 10.1. The Labute approximate surface area is 151 Å². The largest absolute Gasteiger partial charge is 0.472 e. The van der Waals surface area contributed by atoms with E-state index in [1.54, 1.807) is 0 Å². The number of aromatic amines is 1. The minimum atomic E-state index is 0.208. The van der Waals surface area contributed by atoms with Gasteiger partial charge in [0, 0.05) is 41.8 Å². The van der Waals surface area contributed by atoms with E-state index < -0.39 is 0 Å². The predicted molar refractivity (Wildman–Crippen MR) is 101 cm³/mol. The summed E-state index contributed by atoms with van der Waals surface area (Å²) in [7, 11) is 0. The van der Waals surface area contributed by atoms with Gasteiger partial charge in [0.25, 0.3) is 0 Å². The molecule has 0 spiro atoms. The first-order valence-electron chi connectivity index (χ1n) is 9.12. The third-order valence-corrected chi connectivity index (χ3v) is 5.17. The fourth-order valence-corrected chi connectivity index (χ4v) is 3.76. The molecule has 1 N–H and O–H groups in total. The van der Waals surface area contributed by atoms with Crippen molar-refractivity contribution in [2.24, 2.45) is 0 Å². The van der Waals surface area contributed by atoms with E-state index in [0.717, 1.165) is 53.9 Å². The number of imidazole rings is 1. The number of nitrogens with zero attached hydrogens (tertiary/aromatic N) is 4. The van der Waals surface area contributed by atoms with E-state index in [-0.39, 0.29) is 6.10 Å². The number of hydrogen-bond acceptors (Lipinski definition) is 4. The second-order valence-electron chi connectivity index (χ2n) is 6.75. The van der Waals surface area contributed by atoms with Gasteiger partial charge in [-0.05, 0) is 31.2 Å². The highest BCUT2D eigenvalue weighted by Crippen LogP contribution is 2.29. The molecular weight excluding hydrogens is 326 g/mol. The summed E-state index contributed by atoms with van der Waals surface area (Å²) in [6, 6.07) is 12.2. The minimum absolute atomic E-state index is 0.208. The standard InChI is InChI=1S/C20H21N5O/c1-2-24-11-9-14(13-24)26-20-7-6-19-22-12-18(25(19)23-20)16-4-3-5-17-15(16)8-10-21-17/h3-8,10,12,14,21H,2,9,11,13H2,1H3. The molecule has 132 valence electrons. The van der Waals surface area contributed by atoms with Gasteiger partial charge in [-0.25, -0.2) is 9.50 Å². The molecule has 1 aliphatic heterocycles. The molecule has 0 aliphatic carbocycles. The van der Waals surface area contributed by atoms with Gasteiger partial charge in [0.15, 0.2) is 5.65 Å². The van der Waals surface area contributed by atoms with Gasteiger partial charge in [0.05, 0.1) is 11.9 Å². The molecule has 1 aliphatic rings. The molecule has 1 saturated heterocycles. The maximum atomic E-state index is 6.14. The molecule has 6 heteroatoms. The van der Waals surface area contributed by atoms with Crippen LogP contribution in [-0.4, -0.2) is 50.2 Å². The lowest BCUT2D eigenvalue weighted by Gasteiger charge is -2.14. The Bertz CT molecular complexity index is 1070. The van der Waals surface area contributed by atoms with Gasteiger partial charge in [-0.1, -0.05) is 19.1 Å². The molecule has 0 radical (unpaired) electrons. The number of benzene rings is 1. The lowest BCUT2D eigenvalue weighted by Crippen LogP contribution is -2.24. The summed E-state index contributed by atoms with van der Waals surface area (Å²) in [4.78, 5) is 10.2. The molecule has 6 nitrogen and oxygen atoms in total. The zero-order chi connectivity index (χ0) is 17.5. The van der Waals surface area contributed by atoms with Crippen LogP contribution in [0.2, 0.25) is 0 Å². The topological polar surface area (TPSA) is 58.5 Å². The van der Waals surface area contributed by atoms with Gasteiger partial charge in [0.1, 0.15) is 6.10 Å². The van der Waals surface area contributed by atoms with Crippen LogP contribution in [0.15, 0.2) is 48.8 Å². The number of H-pyrrole nitrogens is 1. The van der Waals surface area contributed by atoms with Crippen molar-refractivity contribution in [3.05, 3.63) is 48.8 Å². The molecule has 5 rings (SSSR count). The molecule has 0 saturated carbocycles. The molecule has 4 aromatic rings. The van der Waals surface area contributed by atoms with Crippen LogP contribution >= 0.6 is 0 Å². The van der Waals surface area contributed by atoms with Crippen molar-refractivity contribution in [3.8, 4) is 17.1 Å². The first-order valence-corrected chi connectivity index (χ1v) is 9.12. The number of nitrogens with one attached hydrogen (secondary N) is 1. The molecule has 1 unspecified atom stereocenters. The maximum absolute atomic E-state index is 6.14. The highest BCUT2D eigenvalue weighted by Gasteiger charge is 2.23. The Balaban J connectivity index is 1.52. The summed E-state index contributed by atoms with van der Waals surface area (Å²) in [5.41, 5.74) is 4.01. The second-order valence-corrected chi connectivity index (χ2v) is 6.75. The highest BCUT2D eigenvalue weighted by molar-refractivity contribution is 5.94. The van der Waals surface area contributed by atoms with Crippen molar-refractivity contribution in [1.29, 1.82) is 0 Å². The fourth-order valence-electron chi connectivity index (χ4n) is 3.76. The minimum Gasteiger partial charge on any atom is -0.472 e. The van der Waals surface area contributed by atoms with Gasteiger partial charge in [-0.3, -0.25) is 4.90 Å². The summed E-state index contributed by atoms with van der Waals surface area (Å²) in [5.74, 6) is 0.654. The van der Waals surface area contributed by atoms with Crippen LogP contribution in [0, 0.1) is 0 Å². The Morgan fingerprint density at radius 1 is 1.23 bits per heavy atom. The maximum Gasteiger partial charge on any atom is 0.232 e. The normalized spacial score (nSPS) is 18.1. The van der Waals surface area contributed by atoms with Crippen LogP contribution in [0.3, 0.4) is 0 Å². The van der Waals surface area contributed by atoms with Gasteiger partial charge in [-0.15, -0.1) is 5.10 Å². The van der Waals surface area contributed by atoms with Gasteiger partial charge < -0.3 is 9.72 Å². The van der Waals surface area contributed by atoms with Crippen LogP contribution in [0.5, 0.6) is 5.88 Å². The van der Waals surface area contributed by atoms with E-state index in [9.17, 15) is 0 Å². The first kappa shape index (κ1) is 15.4. The summed E-state index contributed by atoms with van der Waals surface area (Å²) in [6.07, 6.45) is 5.09. The van der Waals surface area contributed by atoms with E-state index in [0.29, 0.717) is 5.88 Å². The fraction of sp³-hybridized carbons (Fsp3) is 0.300. The molecule has 3 aromatic heterocycles. The van der Waals surface area contributed by atoms with Crippen molar-refractivity contribution >= 4 is 16.6 Å². The van der Waals surface area contributed by atoms with Crippen LogP contribution < -0.4 is 4.74 Å². The average Bonchev–Trinajstić information content (AvgIpc) is 3.40. The number of ether oxygens (including phenoxy) is 1. The molecule has 0 bridgehead atoms. The smallest absolute Gasteiger partial charge is 0.232 e. The zero-order valence-electron chi connectivity index (χ0n) is 14.7. The monoisotopic (exact) mass is 347 g/mol. The molecule has 0 amide bonds. The van der Waals surface area contributed by atoms with E-state index >= 15 is 0 Å². The van der Waals surface area contributed by atoms with Crippen LogP contribution in [0.4, 0.5) is 0 Å². The van der Waals surface area contributed by atoms with Crippen molar-refractivity contribution in [1.82, 2.24) is 24.5 Å². The molecule has 1 atom stereocenters. The van der Waals surface area contributed by atoms with Crippen molar-refractivity contribution in [3.63, 3.8) is 0 Å². The second kappa shape index (κ2) is 6.14. The highest BCUT2D eigenvalue weighted by atomic mass is 16.5. The third kappa shape index (κ3) is 2.54. The summed E-state index contributed by atoms with van der Waals surface area (Å²) in [5, 5.41) is 5.88. The number of hydrogen-bond donors (Lipinski definition) is 1.